The quantitative estimate of drug-likeness (QED) is 0.640. The highest BCUT2D eigenvalue weighted by Crippen LogP contribution is 2.28. The average molecular weight is 315 g/mol. The van der Waals surface area contributed by atoms with E-state index in [1.807, 2.05) is 6.07 Å². The molecule has 0 amide bonds. The summed E-state index contributed by atoms with van der Waals surface area (Å²) in [5.74, 6) is -1.80. The van der Waals surface area contributed by atoms with E-state index in [4.69, 9.17) is 9.47 Å². The zero-order valence-corrected chi connectivity index (χ0v) is 13.4. The van der Waals surface area contributed by atoms with Crippen LogP contribution in [0.5, 0.6) is 0 Å². The number of rotatable bonds is 4. The van der Waals surface area contributed by atoms with Crippen LogP contribution in [0.25, 0.3) is 5.69 Å². The number of carbonyl (C=O) groups excluding carboxylic acids is 3. The van der Waals surface area contributed by atoms with Crippen molar-refractivity contribution in [3.63, 3.8) is 0 Å². The van der Waals surface area contributed by atoms with Crippen molar-refractivity contribution in [1.29, 1.82) is 0 Å². The molecule has 0 unspecified atom stereocenters. The Morgan fingerprint density at radius 2 is 1.48 bits per heavy atom. The van der Waals surface area contributed by atoms with Crippen molar-refractivity contribution in [3.8, 4) is 5.69 Å². The third kappa shape index (κ3) is 2.75. The Morgan fingerprint density at radius 1 is 0.913 bits per heavy atom. The first-order chi connectivity index (χ1) is 10.9. The number of aromatic nitrogens is 1. The molecule has 0 bridgehead atoms. The predicted molar refractivity (Wildman–Crippen MR) is 83.2 cm³/mol. The first kappa shape index (κ1) is 16.5. The summed E-state index contributed by atoms with van der Waals surface area (Å²) in [5.41, 5.74) is 1.18. The number of hydrogen-bond acceptors (Lipinski definition) is 5. The summed E-state index contributed by atoms with van der Waals surface area (Å²) < 4.78 is 11.1. The number of para-hydroxylation sites is 1. The molecule has 0 aliphatic rings. The Kier molecular flexibility index (Phi) is 4.64. The monoisotopic (exact) mass is 315 g/mol. The fraction of sp³-hybridized carbons (Fsp3) is 0.235. The Hall–Kier alpha value is -2.89. The van der Waals surface area contributed by atoms with Crippen molar-refractivity contribution >= 4 is 17.7 Å². The van der Waals surface area contributed by atoms with Crippen molar-refractivity contribution in [2.45, 2.75) is 13.8 Å². The van der Waals surface area contributed by atoms with E-state index in [0.717, 1.165) is 0 Å². The highest BCUT2D eigenvalue weighted by Gasteiger charge is 2.33. The van der Waals surface area contributed by atoms with Crippen LogP contribution in [0.15, 0.2) is 30.3 Å². The van der Waals surface area contributed by atoms with E-state index in [1.54, 1.807) is 31.2 Å². The maximum Gasteiger partial charge on any atom is 0.355 e. The summed E-state index contributed by atoms with van der Waals surface area (Å²) in [6, 6.07) is 8.95. The van der Waals surface area contributed by atoms with Crippen molar-refractivity contribution in [2.24, 2.45) is 0 Å². The topological polar surface area (TPSA) is 74.6 Å². The van der Waals surface area contributed by atoms with Gasteiger partial charge in [-0.15, -0.1) is 0 Å². The number of Topliss-reactive ketones (excluding diaryl/α,β-unsaturated/α-hetero) is 1. The van der Waals surface area contributed by atoms with E-state index in [1.165, 1.54) is 25.7 Å². The Bertz CT molecular complexity index is 774. The second-order valence-electron chi connectivity index (χ2n) is 4.89. The van der Waals surface area contributed by atoms with Gasteiger partial charge in [0, 0.05) is 11.4 Å². The van der Waals surface area contributed by atoms with Gasteiger partial charge in [0.2, 0.25) is 0 Å². The lowest BCUT2D eigenvalue weighted by Crippen LogP contribution is -2.16. The average Bonchev–Trinajstić information content (AvgIpc) is 2.87. The SMILES string of the molecule is COC(=O)c1c(C(C)=O)c(C)n(-c2ccccc2)c1C(=O)OC. The second-order valence-corrected chi connectivity index (χ2v) is 4.89. The zero-order chi connectivity index (χ0) is 17.1. The number of hydrogen-bond donors (Lipinski definition) is 0. The molecule has 0 aliphatic heterocycles. The number of methoxy groups -OCH3 is 2. The van der Waals surface area contributed by atoms with Gasteiger partial charge < -0.3 is 14.0 Å². The van der Waals surface area contributed by atoms with Crippen molar-refractivity contribution in [2.75, 3.05) is 14.2 Å². The molecule has 2 aromatic rings. The summed E-state index contributed by atoms with van der Waals surface area (Å²) in [6.45, 7) is 3.01. The maximum atomic E-state index is 12.3. The first-order valence-corrected chi connectivity index (χ1v) is 6.92. The lowest BCUT2D eigenvalue weighted by atomic mass is 10.1. The van der Waals surface area contributed by atoms with Gasteiger partial charge in [-0.3, -0.25) is 4.79 Å². The molecule has 0 radical (unpaired) electrons. The molecular formula is C17H17NO5. The minimum atomic E-state index is -0.756. The number of esters is 2. The molecule has 0 saturated heterocycles. The molecule has 1 heterocycles. The van der Waals surface area contributed by atoms with Gasteiger partial charge >= 0.3 is 11.9 Å². The summed E-state index contributed by atoms with van der Waals surface area (Å²) in [4.78, 5) is 36.5. The van der Waals surface area contributed by atoms with Crippen molar-refractivity contribution in [1.82, 2.24) is 4.57 Å². The molecule has 120 valence electrons. The fourth-order valence-electron chi connectivity index (χ4n) is 2.61. The predicted octanol–water partition coefficient (Wildman–Crippen LogP) is 2.56. The lowest BCUT2D eigenvalue weighted by Gasteiger charge is -2.11. The Labute approximate surface area is 133 Å². The highest BCUT2D eigenvalue weighted by molar-refractivity contribution is 6.12. The molecule has 23 heavy (non-hydrogen) atoms. The number of ether oxygens (including phenoxy) is 2. The largest absolute Gasteiger partial charge is 0.465 e. The molecule has 0 N–H and O–H groups in total. The smallest absolute Gasteiger partial charge is 0.355 e. The van der Waals surface area contributed by atoms with E-state index >= 15 is 0 Å². The van der Waals surface area contributed by atoms with Gasteiger partial charge in [0.25, 0.3) is 0 Å². The van der Waals surface area contributed by atoms with Crippen LogP contribution in [0.3, 0.4) is 0 Å². The van der Waals surface area contributed by atoms with E-state index in [2.05, 4.69) is 0 Å². The molecule has 0 spiro atoms. The van der Waals surface area contributed by atoms with Gasteiger partial charge in [0.15, 0.2) is 5.78 Å². The molecular weight excluding hydrogens is 298 g/mol. The van der Waals surface area contributed by atoms with Crippen LogP contribution in [0.1, 0.15) is 43.8 Å². The minimum Gasteiger partial charge on any atom is -0.465 e. The van der Waals surface area contributed by atoms with Gasteiger partial charge in [0.1, 0.15) is 11.3 Å². The van der Waals surface area contributed by atoms with Crippen LogP contribution in [-0.4, -0.2) is 36.5 Å². The highest BCUT2D eigenvalue weighted by atomic mass is 16.5. The van der Waals surface area contributed by atoms with Gasteiger partial charge in [-0.2, -0.15) is 0 Å². The molecule has 0 atom stereocenters. The molecule has 0 saturated carbocycles. The van der Waals surface area contributed by atoms with Gasteiger partial charge in [0.05, 0.1) is 19.8 Å². The maximum absolute atomic E-state index is 12.3. The Balaban J connectivity index is 2.93. The zero-order valence-electron chi connectivity index (χ0n) is 13.4. The number of ketones is 1. The van der Waals surface area contributed by atoms with Gasteiger partial charge in [-0.05, 0) is 26.0 Å². The van der Waals surface area contributed by atoms with Crippen molar-refractivity contribution < 1.29 is 23.9 Å². The molecule has 6 nitrogen and oxygen atoms in total. The summed E-state index contributed by atoms with van der Waals surface area (Å²) in [6.07, 6.45) is 0. The minimum absolute atomic E-state index is 0.0201. The van der Waals surface area contributed by atoms with E-state index in [-0.39, 0.29) is 22.6 Å². The first-order valence-electron chi connectivity index (χ1n) is 6.92. The summed E-state index contributed by atoms with van der Waals surface area (Å²) in [7, 11) is 2.41. The molecule has 6 heteroatoms. The van der Waals surface area contributed by atoms with E-state index < -0.39 is 11.9 Å². The van der Waals surface area contributed by atoms with Crippen LogP contribution in [0, 0.1) is 6.92 Å². The standard InChI is InChI=1S/C17H17NO5/c1-10-13(11(2)19)14(16(20)22-3)15(17(21)23-4)18(10)12-8-6-5-7-9-12/h5-9H,1-4H3. The fourth-order valence-corrected chi connectivity index (χ4v) is 2.61. The summed E-state index contributed by atoms with van der Waals surface area (Å²) >= 11 is 0. The number of carbonyl (C=O) groups is 3. The van der Waals surface area contributed by atoms with E-state index in [0.29, 0.717) is 11.4 Å². The summed E-state index contributed by atoms with van der Waals surface area (Å²) in [5, 5.41) is 0. The molecule has 1 aromatic carbocycles. The molecule has 0 fully saturated rings. The van der Waals surface area contributed by atoms with Crippen LogP contribution in [0.2, 0.25) is 0 Å². The number of nitrogens with zero attached hydrogens (tertiary/aromatic N) is 1. The lowest BCUT2D eigenvalue weighted by molar-refractivity contribution is 0.0548. The third-order valence-corrected chi connectivity index (χ3v) is 3.54. The normalized spacial score (nSPS) is 10.3. The van der Waals surface area contributed by atoms with Gasteiger partial charge in [-0.25, -0.2) is 9.59 Å². The third-order valence-electron chi connectivity index (χ3n) is 3.54. The van der Waals surface area contributed by atoms with Crippen LogP contribution in [-0.2, 0) is 9.47 Å². The van der Waals surface area contributed by atoms with Gasteiger partial charge in [-0.1, -0.05) is 18.2 Å². The van der Waals surface area contributed by atoms with Crippen LogP contribution >= 0.6 is 0 Å². The Morgan fingerprint density at radius 3 is 1.96 bits per heavy atom. The van der Waals surface area contributed by atoms with E-state index in [9.17, 15) is 14.4 Å². The van der Waals surface area contributed by atoms with Crippen LogP contribution in [0.4, 0.5) is 0 Å². The van der Waals surface area contributed by atoms with Crippen molar-refractivity contribution in [3.05, 3.63) is 52.8 Å². The molecule has 0 aliphatic carbocycles. The van der Waals surface area contributed by atoms with Crippen LogP contribution < -0.4 is 0 Å². The second kappa shape index (κ2) is 6.48. The molecule has 1 aromatic heterocycles. The number of benzene rings is 1. The molecule has 2 rings (SSSR count).